The minimum Gasteiger partial charge on any atom is -0.288 e. The van der Waals surface area contributed by atoms with Crippen molar-refractivity contribution in [2.75, 3.05) is 0 Å². The van der Waals surface area contributed by atoms with Gasteiger partial charge in [-0.2, -0.15) is 0 Å². The predicted molar refractivity (Wildman–Crippen MR) is 88.3 cm³/mol. The van der Waals surface area contributed by atoms with Crippen LogP contribution in [0, 0.1) is 5.82 Å². The molecule has 122 valence electrons. The molecule has 6 heteroatoms. The minimum absolute atomic E-state index is 0.0240. The van der Waals surface area contributed by atoms with E-state index in [9.17, 15) is 9.18 Å². The van der Waals surface area contributed by atoms with E-state index in [1.165, 1.54) is 23.3 Å². The van der Waals surface area contributed by atoms with Crippen molar-refractivity contribution in [2.24, 2.45) is 0 Å². The Bertz CT molecular complexity index is 908. The van der Waals surface area contributed by atoms with Crippen LogP contribution in [0.3, 0.4) is 0 Å². The molecule has 3 rings (SSSR count). The van der Waals surface area contributed by atoms with Crippen molar-refractivity contribution in [3.63, 3.8) is 0 Å². The summed E-state index contributed by atoms with van der Waals surface area (Å²) in [6.45, 7) is 4.22. The lowest BCUT2D eigenvalue weighted by molar-refractivity contribution is 0.0706. The van der Waals surface area contributed by atoms with Crippen molar-refractivity contribution in [3.8, 4) is 11.3 Å². The smallest absolute Gasteiger partial charge is 0.274 e. The molecule has 2 aromatic carbocycles. The highest BCUT2D eigenvalue weighted by Gasteiger charge is 2.13. The van der Waals surface area contributed by atoms with Crippen molar-refractivity contribution in [1.29, 1.82) is 0 Å². The second-order valence-corrected chi connectivity index (χ2v) is 5.80. The van der Waals surface area contributed by atoms with Crippen molar-refractivity contribution in [1.82, 2.24) is 15.4 Å². The third-order valence-corrected chi connectivity index (χ3v) is 3.84. The summed E-state index contributed by atoms with van der Waals surface area (Å²) < 4.78 is 14.1. The molecule has 1 aromatic heterocycles. The monoisotopic (exact) mass is 325 g/mol. The summed E-state index contributed by atoms with van der Waals surface area (Å²) in [5.74, 6) is -1.04. The molecule has 0 saturated carbocycles. The first-order chi connectivity index (χ1) is 11.5. The van der Waals surface area contributed by atoms with Crippen LogP contribution in [0.25, 0.3) is 22.3 Å². The van der Waals surface area contributed by atoms with Crippen LogP contribution in [0.15, 0.2) is 42.6 Å². The lowest BCUT2D eigenvalue weighted by Crippen LogP contribution is -2.18. The van der Waals surface area contributed by atoms with Gasteiger partial charge in [-0.15, -0.1) is 0 Å². The maximum Gasteiger partial charge on any atom is 0.274 e. The fourth-order valence-electron chi connectivity index (χ4n) is 2.46. The number of benzene rings is 2. The molecule has 0 aliphatic heterocycles. The first-order valence-electron chi connectivity index (χ1n) is 7.50. The van der Waals surface area contributed by atoms with Gasteiger partial charge in [0.15, 0.2) is 5.82 Å². The summed E-state index contributed by atoms with van der Waals surface area (Å²) in [4.78, 5) is 20.0. The fraction of sp³-hybridized carbons (Fsp3) is 0.167. The van der Waals surface area contributed by atoms with Crippen LogP contribution in [-0.4, -0.2) is 21.1 Å². The number of carbonyl (C=O) groups is 1. The highest BCUT2D eigenvalue weighted by molar-refractivity contribution is 5.96. The van der Waals surface area contributed by atoms with Gasteiger partial charge < -0.3 is 0 Å². The van der Waals surface area contributed by atoms with Gasteiger partial charge in [0.2, 0.25) is 0 Å². The molecule has 1 amide bonds. The Morgan fingerprint density at radius 1 is 1.21 bits per heavy atom. The Kier molecular flexibility index (Phi) is 4.22. The van der Waals surface area contributed by atoms with E-state index in [2.05, 4.69) is 23.8 Å². The number of amides is 1. The number of fused-ring (bicyclic) bond motifs is 1. The highest BCUT2D eigenvalue weighted by Crippen LogP contribution is 2.24. The molecule has 0 atom stereocenters. The minimum atomic E-state index is -0.802. The Morgan fingerprint density at radius 2 is 1.92 bits per heavy atom. The van der Waals surface area contributed by atoms with Gasteiger partial charge in [0.25, 0.3) is 5.91 Å². The fourth-order valence-corrected chi connectivity index (χ4v) is 2.46. The van der Waals surface area contributed by atoms with Crippen LogP contribution in [-0.2, 0) is 0 Å². The van der Waals surface area contributed by atoms with Crippen molar-refractivity contribution in [2.45, 2.75) is 19.8 Å². The van der Waals surface area contributed by atoms with Crippen molar-refractivity contribution >= 4 is 16.9 Å². The summed E-state index contributed by atoms with van der Waals surface area (Å²) in [5.41, 5.74) is 4.43. The lowest BCUT2D eigenvalue weighted by atomic mass is 10.0. The normalized spacial score (nSPS) is 11.0. The number of hydrogen-bond donors (Lipinski definition) is 2. The second-order valence-electron chi connectivity index (χ2n) is 5.80. The van der Waals surface area contributed by atoms with E-state index >= 15 is 0 Å². The van der Waals surface area contributed by atoms with E-state index in [1.54, 1.807) is 0 Å². The Morgan fingerprint density at radius 3 is 2.54 bits per heavy atom. The summed E-state index contributed by atoms with van der Waals surface area (Å²) in [6, 6.07) is 10.3. The highest BCUT2D eigenvalue weighted by atomic mass is 19.1. The van der Waals surface area contributed by atoms with Crippen LogP contribution >= 0.6 is 0 Å². The second kappa shape index (κ2) is 6.33. The van der Waals surface area contributed by atoms with E-state index in [-0.39, 0.29) is 16.6 Å². The van der Waals surface area contributed by atoms with E-state index in [0.29, 0.717) is 11.6 Å². The summed E-state index contributed by atoms with van der Waals surface area (Å²) >= 11 is 0. The van der Waals surface area contributed by atoms with Crippen molar-refractivity contribution in [3.05, 3.63) is 59.5 Å². The summed E-state index contributed by atoms with van der Waals surface area (Å²) in [7, 11) is 0. The molecule has 1 heterocycles. The molecule has 0 fully saturated rings. The van der Waals surface area contributed by atoms with Gasteiger partial charge in [-0.05, 0) is 23.6 Å². The van der Waals surface area contributed by atoms with E-state index in [0.717, 1.165) is 11.6 Å². The maximum absolute atomic E-state index is 14.1. The van der Waals surface area contributed by atoms with E-state index < -0.39 is 11.7 Å². The van der Waals surface area contributed by atoms with Crippen LogP contribution < -0.4 is 5.48 Å². The summed E-state index contributed by atoms with van der Waals surface area (Å²) in [5, 5.41) is 8.70. The molecule has 5 nitrogen and oxygen atoms in total. The average Bonchev–Trinajstić information content (AvgIpc) is 2.60. The third kappa shape index (κ3) is 2.96. The zero-order valence-electron chi connectivity index (χ0n) is 13.2. The Labute approximate surface area is 138 Å². The quantitative estimate of drug-likeness (QED) is 0.569. The Balaban J connectivity index is 2.08. The molecule has 0 aliphatic carbocycles. The topological polar surface area (TPSA) is 75.1 Å². The molecule has 0 aliphatic rings. The van der Waals surface area contributed by atoms with Gasteiger partial charge in [-0.25, -0.2) is 19.8 Å². The molecule has 0 saturated heterocycles. The molecule has 24 heavy (non-hydrogen) atoms. The van der Waals surface area contributed by atoms with Gasteiger partial charge in [-0.1, -0.05) is 38.1 Å². The summed E-state index contributed by atoms with van der Waals surface area (Å²) in [6.07, 6.45) is 1.50. The van der Waals surface area contributed by atoms with Gasteiger partial charge in [0, 0.05) is 11.1 Å². The number of halogens is 1. The average molecular weight is 325 g/mol. The zero-order chi connectivity index (χ0) is 17.3. The van der Waals surface area contributed by atoms with Gasteiger partial charge in [0.1, 0.15) is 5.52 Å². The largest absolute Gasteiger partial charge is 0.288 e. The zero-order valence-corrected chi connectivity index (χ0v) is 13.2. The first kappa shape index (κ1) is 16.0. The molecule has 0 bridgehead atoms. The molecule has 2 N–H and O–H groups in total. The van der Waals surface area contributed by atoms with E-state index in [1.807, 2.05) is 24.3 Å². The molecule has 0 unspecified atom stereocenters. The van der Waals surface area contributed by atoms with Crippen LogP contribution in [0.2, 0.25) is 0 Å². The predicted octanol–water partition coefficient (Wildman–Crippen LogP) is 3.68. The first-order valence-corrected chi connectivity index (χ1v) is 7.50. The molecular formula is C18H16FN3O2. The molecular weight excluding hydrogens is 309 g/mol. The third-order valence-electron chi connectivity index (χ3n) is 3.84. The Hall–Kier alpha value is -2.86. The maximum atomic E-state index is 14.1. The van der Waals surface area contributed by atoms with Crippen LogP contribution in [0.5, 0.6) is 0 Å². The number of nitrogens with zero attached hydrogens (tertiary/aromatic N) is 2. The van der Waals surface area contributed by atoms with Crippen LogP contribution in [0.4, 0.5) is 4.39 Å². The van der Waals surface area contributed by atoms with Crippen molar-refractivity contribution < 1.29 is 14.4 Å². The SMILES string of the molecule is CC(C)c1ccc(-c2cnc3c(F)cc(C(=O)NO)cc3n2)cc1. The number of hydrogen-bond acceptors (Lipinski definition) is 4. The number of carbonyl (C=O) groups excluding carboxylic acids is 1. The number of aromatic nitrogens is 2. The number of rotatable bonds is 3. The van der Waals surface area contributed by atoms with E-state index in [4.69, 9.17) is 5.21 Å². The lowest BCUT2D eigenvalue weighted by Gasteiger charge is -2.08. The van der Waals surface area contributed by atoms with Gasteiger partial charge >= 0.3 is 0 Å². The number of hydroxylamine groups is 1. The van der Waals surface area contributed by atoms with Crippen LogP contribution in [0.1, 0.15) is 35.7 Å². The number of nitrogens with one attached hydrogen (secondary N) is 1. The van der Waals surface area contributed by atoms with Gasteiger partial charge in [-0.3, -0.25) is 10.0 Å². The van der Waals surface area contributed by atoms with Gasteiger partial charge in [0.05, 0.1) is 17.4 Å². The molecule has 3 aromatic rings. The molecule has 0 radical (unpaired) electrons. The standard InChI is InChI=1S/C18H16FN3O2/c1-10(2)11-3-5-12(6-4-11)16-9-20-17-14(19)7-13(18(23)22-24)8-15(17)21-16/h3-10,24H,1-2H3,(H,22,23). The molecule has 0 spiro atoms.